The summed E-state index contributed by atoms with van der Waals surface area (Å²) < 4.78 is 13.1. The first-order valence-corrected chi connectivity index (χ1v) is 6.17. The minimum absolute atomic E-state index is 0.288. The molecule has 1 aromatic carbocycles. The highest BCUT2D eigenvalue weighted by molar-refractivity contribution is 7.07. The van der Waals surface area contributed by atoms with E-state index in [1.165, 1.54) is 12.1 Å². The third-order valence-corrected chi connectivity index (χ3v) is 3.48. The molecule has 1 aliphatic rings. The van der Waals surface area contributed by atoms with E-state index >= 15 is 0 Å². The molecule has 3 nitrogen and oxygen atoms in total. The van der Waals surface area contributed by atoms with Crippen molar-refractivity contribution in [3.05, 3.63) is 51.7 Å². The summed E-state index contributed by atoms with van der Waals surface area (Å²) in [5.41, 5.74) is 4.43. The second kappa shape index (κ2) is 3.92. The molecule has 0 radical (unpaired) electrons. The Morgan fingerprint density at radius 2 is 2.35 bits per heavy atom. The van der Waals surface area contributed by atoms with Gasteiger partial charge in [0.05, 0.1) is 17.7 Å². The minimum atomic E-state index is -0.288. The Morgan fingerprint density at radius 1 is 1.47 bits per heavy atom. The number of amidine groups is 1. The summed E-state index contributed by atoms with van der Waals surface area (Å²) in [6.07, 6.45) is 0. The van der Waals surface area contributed by atoms with Crippen molar-refractivity contribution < 1.29 is 4.39 Å². The Labute approximate surface area is 102 Å². The Balaban J connectivity index is 1.86. The molecule has 2 heterocycles. The van der Waals surface area contributed by atoms with Crippen LogP contribution < -0.4 is 0 Å². The molecule has 0 aliphatic carbocycles. The lowest BCUT2D eigenvalue weighted by Gasteiger charge is -2.15. The average Bonchev–Trinajstić information content (AvgIpc) is 2.91. The Hall–Kier alpha value is -1.75. The Bertz CT molecular complexity index is 565. The van der Waals surface area contributed by atoms with Crippen LogP contribution in [-0.4, -0.2) is 15.7 Å². The van der Waals surface area contributed by atoms with Crippen LogP contribution in [-0.2, 0) is 13.1 Å². The summed E-state index contributed by atoms with van der Waals surface area (Å²) in [6.45, 7) is 1.27. The van der Waals surface area contributed by atoms with E-state index in [9.17, 15) is 4.39 Å². The number of aromatic nitrogens is 1. The fourth-order valence-electron chi connectivity index (χ4n) is 2.01. The molecule has 1 aromatic heterocycles. The lowest BCUT2D eigenvalue weighted by Crippen LogP contribution is -2.23. The Kier molecular flexibility index (Phi) is 2.40. The number of hydrogen-bond acceptors (Lipinski definition) is 3. The van der Waals surface area contributed by atoms with Crippen molar-refractivity contribution in [2.45, 2.75) is 13.1 Å². The van der Waals surface area contributed by atoms with Gasteiger partial charge in [-0.3, -0.25) is 5.41 Å². The van der Waals surface area contributed by atoms with Crippen LogP contribution in [0, 0.1) is 11.2 Å². The van der Waals surface area contributed by atoms with Gasteiger partial charge in [0.25, 0.3) is 0 Å². The maximum absolute atomic E-state index is 13.1. The van der Waals surface area contributed by atoms with Gasteiger partial charge >= 0.3 is 0 Å². The van der Waals surface area contributed by atoms with Gasteiger partial charge in [-0.2, -0.15) is 0 Å². The topological polar surface area (TPSA) is 40.0 Å². The first-order chi connectivity index (χ1) is 8.24. The van der Waals surface area contributed by atoms with E-state index < -0.39 is 0 Å². The fourth-order valence-corrected chi connectivity index (χ4v) is 2.56. The summed E-state index contributed by atoms with van der Waals surface area (Å²) >= 11 is 1.54. The summed E-state index contributed by atoms with van der Waals surface area (Å²) in [5, 5.41) is 9.99. The van der Waals surface area contributed by atoms with Crippen LogP contribution in [0.2, 0.25) is 0 Å². The third-order valence-electron chi connectivity index (χ3n) is 2.84. The van der Waals surface area contributed by atoms with Gasteiger partial charge in [-0.15, -0.1) is 11.3 Å². The van der Waals surface area contributed by atoms with Crippen molar-refractivity contribution in [1.29, 1.82) is 5.41 Å². The normalized spacial score (nSPS) is 14.2. The summed E-state index contributed by atoms with van der Waals surface area (Å²) in [5.74, 6) is 0.0940. The summed E-state index contributed by atoms with van der Waals surface area (Å²) in [6, 6.07) is 4.62. The highest BCUT2D eigenvalue weighted by Crippen LogP contribution is 2.24. The molecule has 86 valence electrons. The minimum Gasteiger partial charge on any atom is -0.346 e. The number of nitrogens with one attached hydrogen (secondary N) is 1. The van der Waals surface area contributed by atoms with E-state index in [0.29, 0.717) is 24.5 Å². The number of benzene rings is 1. The van der Waals surface area contributed by atoms with Gasteiger partial charge in [0.2, 0.25) is 0 Å². The zero-order valence-electron chi connectivity index (χ0n) is 8.98. The molecule has 0 saturated carbocycles. The quantitative estimate of drug-likeness (QED) is 0.886. The zero-order chi connectivity index (χ0) is 11.8. The molecule has 0 atom stereocenters. The molecular formula is C12H10FN3S. The van der Waals surface area contributed by atoms with Crippen LogP contribution in [0.25, 0.3) is 0 Å². The zero-order valence-corrected chi connectivity index (χ0v) is 9.80. The molecule has 0 unspecified atom stereocenters. The van der Waals surface area contributed by atoms with Crippen molar-refractivity contribution in [2.75, 3.05) is 0 Å². The highest BCUT2D eigenvalue weighted by Gasteiger charge is 2.24. The standard InChI is InChI=1S/C12H10FN3S/c13-9-2-1-8-4-16(12(14)11(8)3-9)5-10-6-17-7-15-10/h1-3,6-7,14H,4-5H2. The molecule has 2 aromatic rings. The summed E-state index contributed by atoms with van der Waals surface area (Å²) in [4.78, 5) is 6.10. The highest BCUT2D eigenvalue weighted by atomic mass is 32.1. The van der Waals surface area contributed by atoms with Gasteiger partial charge in [0, 0.05) is 17.5 Å². The van der Waals surface area contributed by atoms with Crippen LogP contribution >= 0.6 is 11.3 Å². The van der Waals surface area contributed by atoms with Crippen molar-refractivity contribution in [1.82, 2.24) is 9.88 Å². The predicted molar refractivity (Wildman–Crippen MR) is 64.6 cm³/mol. The fraction of sp³-hybridized carbons (Fsp3) is 0.167. The average molecular weight is 247 g/mol. The third kappa shape index (κ3) is 1.82. The largest absolute Gasteiger partial charge is 0.346 e. The molecular weight excluding hydrogens is 237 g/mol. The van der Waals surface area contributed by atoms with Crippen LogP contribution in [0.1, 0.15) is 16.8 Å². The number of nitrogens with zero attached hydrogens (tertiary/aromatic N) is 2. The molecule has 1 aliphatic heterocycles. The van der Waals surface area contributed by atoms with Crippen LogP contribution in [0.15, 0.2) is 29.1 Å². The van der Waals surface area contributed by atoms with Crippen molar-refractivity contribution in [3.8, 4) is 0 Å². The van der Waals surface area contributed by atoms with Gasteiger partial charge in [-0.1, -0.05) is 6.07 Å². The van der Waals surface area contributed by atoms with Crippen LogP contribution in [0.3, 0.4) is 0 Å². The Morgan fingerprint density at radius 3 is 3.12 bits per heavy atom. The molecule has 0 fully saturated rings. The number of hydrogen-bond donors (Lipinski definition) is 1. The van der Waals surface area contributed by atoms with E-state index in [1.54, 1.807) is 22.9 Å². The van der Waals surface area contributed by atoms with Crippen molar-refractivity contribution >= 4 is 17.2 Å². The maximum Gasteiger partial charge on any atom is 0.129 e. The molecule has 3 rings (SSSR count). The first-order valence-electron chi connectivity index (χ1n) is 5.23. The second-order valence-electron chi connectivity index (χ2n) is 3.99. The molecule has 5 heteroatoms. The SMILES string of the molecule is N=C1c2cc(F)ccc2CN1Cc1cscn1. The van der Waals surface area contributed by atoms with E-state index in [0.717, 1.165) is 11.3 Å². The number of rotatable bonds is 2. The van der Waals surface area contributed by atoms with E-state index in [4.69, 9.17) is 5.41 Å². The summed E-state index contributed by atoms with van der Waals surface area (Å²) in [7, 11) is 0. The lowest BCUT2D eigenvalue weighted by atomic mass is 10.1. The van der Waals surface area contributed by atoms with E-state index in [2.05, 4.69) is 4.98 Å². The van der Waals surface area contributed by atoms with Crippen LogP contribution in [0.5, 0.6) is 0 Å². The number of fused-ring (bicyclic) bond motifs is 1. The van der Waals surface area contributed by atoms with Gasteiger partial charge in [0.1, 0.15) is 11.7 Å². The van der Waals surface area contributed by atoms with E-state index in [-0.39, 0.29) is 5.82 Å². The second-order valence-corrected chi connectivity index (χ2v) is 4.70. The lowest BCUT2D eigenvalue weighted by molar-refractivity contribution is 0.417. The van der Waals surface area contributed by atoms with Gasteiger partial charge in [-0.05, 0) is 17.7 Å². The number of thiazole rings is 1. The van der Waals surface area contributed by atoms with Crippen molar-refractivity contribution in [2.24, 2.45) is 0 Å². The number of halogens is 1. The molecule has 0 spiro atoms. The first kappa shape index (κ1) is 10.4. The molecule has 0 saturated heterocycles. The molecule has 0 bridgehead atoms. The van der Waals surface area contributed by atoms with Gasteiger partial charge < -0.3 is 4.90 Å². The van der Waals surface area contributed by atoms with E-state index in [1.807, 2.05) is 10.3 Å². The smallest absolute Gasteiger partial charge is 0.129 e. The maximum atomic E-state index is 13.1. The van der Waals surface area contributed by atoms with Gasteiger partial charge in [0.15, 0.2) is 0 Å². The van der Waals surface area contributed by atoms with Crippen LogP contribution in [0.4, 0.5) is 4.39 Å². The predicted octanol–water partition coefficient (Wildman–Crippen LogP) is 2.62. The molecule has 17 heavy (non-hydrogen) atoms. The molecule has 1 N–H and O–H groups in total. The monoisotopic (exact) mass is 247 g/mol. The van der Waals surface area contributed by atoms with Gasteiger partial charge in [-0.25, -0.2) is 9.37 Å². The van der Waals surface area contributed by atoms with Crippen molar-refractivity contribution in [3.63, 3.8) is 0 Å². The molecule has 0 amide bonds.